The molecule has 0 radical (unpaired) electrons. The molecule has 1 heterocycles. The van der Waals surface area contributed by atoms with Crippen molar-refractivity contribution < 1.29 is 14.7 Å². The van der Waals surface area contributed by atoms with Gasteiger partial charge < -0.3 is 15.3 Å². The van der Waals surface area contributed by atoms with Gasteiger partial charge >= 0.3 is 11.8 Å². The Kier molecular flexibility index (Phi) is 5.27. The number of thiophene rings is 1. The molecule has 1 aromatic carbocycles. The Balaban J connectivity index is 1.71. The molecule has 126 valence electrons. The van der Waals surface area contributed by atoms with Gasteiger partial charge in [-0.15, -0.1) is 11.3 Å². The van der Waals surface area contributed by atoms with Crippen LogP contribution in [0.1, 0.15) is 29.4 Å². The van der Waals surface area contributed by atoms with Crippen LogP contribution < -0.4 is 5.32 Å². The number of benzene rings is 1. The van der Waals surface area contributed by atoms with E-state index in [2.05, 4.69) is 5.32 Å². The summed E-state index contributed by atoms with van der Waals surface area (Å²) < 4.78 is 0. The third-order valence-corrected chi connectivity index (χ3v) is 4.85. The molecule has 0 saturated heterocycles. The molecule has 0 bridgehead atoms. The van der Waals surface area contributed by atoms with E-state index in [4.69, 9.17) is 0 Å². The Morgan fingerprint density at radius 2 is 1.96 bits per heavy atom. The van der Waals surface area contributed by atoms with Crippen molar-refractivity contribution in [2.45, 2.75) is 31.5 Å². The SMILES string of the molecule is O=C(NC1CC1)C(=O)N(Cc1ccccc1)CC(O)c1cccs1. The summed E-state index contributed by atoms with van der Waals surface area (Å²) in [4.78, 5) is 26.8. The molecule has 6 heteroatoms. The highest BCUT2D eigenvalue weighted by Crippen LogP contribution is 2.21. The van der Waals surface area contributed by atoms with Gasteiger partial charge in [-0.3, -0.25) is 9.59 Å². The second-order valence-corrected chi connectivity index (χ2v) is 6.93. The van der Waals surface area contributed by atoms with E-state index in [0.29, 0.717) is 6.54 Å². The topological polar surface area (TPSA) is 69.6 Å². The Bertz CT molecular complexity index is 684. The van der Waals surface area contributed by atoms with E-state index in [1.807, 2.05) is 47.8 Å². The molecule has 3 rings (SSSR count). The zero-order valence-electron chi connectivity index (χ0n) is 13.2. The van der Waals surface area contributed by atoms with E-state index in [1.54, 1.807) is 0 Å². The van der Waals surface area contributed by atoms with Gasteiger partial charge in [-0.2, -0.15) is 0 Å². The van der Waals surface area contributed by atoms with Crippen LogP contribution in [0.5, 0.6) is 0 Å². The van der Waals surface area contributed by atoms with Crippen molar-refractivity contribution in [3.63, 3.8) is 0 Å². The summed E-state index contributed by atoms with van der Waals surface area (Å²) in [6, 6.07) is 13.3. The first-order valence-corrected chi connectivity index (χ1v) is 8.86. The van der Waals surface area contributed by atoms with Gasteiger partial charge in [0, 0.05) is 17.5 Å². The molecule has 1 aliphatic carbocycles. The summed E-state index contributed by atoms with van der Waals surface area (Å²) in [5.41, 5.74) is 0.920. The van der Waals surface area contributed by atoms with E-state index >= 15 is 0 Å². The van der Waals surface area contributed by atoms with Gasteiger partial charge in [0.15, 0.2) is 0 Å². The molecule has 1 atom stereocenters. The van der Waals surface area contributed by atoms with Crippen molar-refractivity contribution in [2.24, 2.45) is 0 Å². The Morgan fingerprint density at radius 3 is 2.58 bits per heavy atom. The molecule has 1 saturated carbocycles. The minimum atomic E-state index is -0.800. The number of rotatable bonds is 6. The first-order valence-electron chi connectivity index (χ1n) is 7.98. The van der Waals surface area contributed by atoms with Crippen LogP contribution in [0.25, 0.3) is 0 Å². The molecule has 1 fully saturated rings. The number of nitrogens with one attached hydrogen (secondary N) is 1. The van der Waals surface area contributed by atoms with Gasteiger partial charge in [0.25, 0.3) is 0 Å². The van der Waals surface area contributed by atoms with Gasteiger partial charge in [-0.05, 0) is 29.9 Å². The number of hydrogen-bond acceptors (Lipinski definition) is 4. The third-order valence-electron chi connectivity index (χ3n) is 3.88. The normalized spacial score (nSPS) is 14.9. The molecule has 2 aromatic rings. The fraction of sp³-hybridized carbons (Fsp3) is 0.333. The second kappa shape index (κ2) is 7.59. The molecule has 2 amide bonds. The first kappa shape index (κ1) is 16.7. The van der Waals surface area contributed by atoms with Crippen molar-refractivity contribution >= 4 is 23.2 Å². The predicted molar refractivity (Wildman–Crippen MR) is 92.3 cm³/mol. The number of aliphatic hydroxyl groups excluding tert-OH is 1. The van der Waals surface area contributed by atoms with Crippen molar-refractivity contribution in [1.29, 1.82) is 0 Å². The zero-order chi connectivity index (χ0) is 16.9. The molecular weight excluding hydrogens is 324 g/mol. The second-order valence-electron chi connectivity index (χ2n) is 5.95. The fourth-order valence-corrected chi connectivity index (χ4v) is 3.12. The standard InChI is InChI=1S/C18H20N2O3S/c21-15(16-7-4-10-24-16)12-20(11-13-5-2-1-3-6-13)18(23)17(22)19-14-8-9-14/h1-7,10,14-15,21H,8-9,11-12H2,(H,19,22). The number of carbonyl (C=O) groups is 2. The summed E-state index contributed by atoms with van der Waals surface area (Å²) in [5.74, 6) is -1.19. The molecule has 24 heavy (non-hydrogen) atoms. The minimum absolute atomic E-state index is 0.0896. The highest BCUT2D eigenvalue weighted by atomic mass is 32.1. The summed E-state index contributed by atoms with van der Waals surface area (Å²) in [7, 11) is 0. The lowest BCUT2D eigenvalue weighted by Gasteiger charge is -2.24. The smallest absolute Gasteiger partial charge is 0.312 e. The van der Waals surface area contributed by atoms with Gasteiger partial charge in [0.05, 0.1) is 6.54 Å². The average molecular weight is 344 g/mol. The molecule has 1 unspecified atom stereocenters. The predicted octanol–water partition coefficient (Wildman–Crippen LogP) is 2.09. The fourth-order valence-electron chi connectivity index (χ4n) is 2.42. The van der Waals surface area contributed by atoms with E-state index in [1.165, 1.54) is 16.2 Å². The molecular formula is C18H20N2O3S. The number of carbonyl (C=O) groups excluding carboxylic acids is 2. The summed E-state index contributed by atoms with van der Waals surface area (Å²) in [6.45, 7) is 0.381. The molecule has 5 nitrogen and oxygen atoms in total. The van der Waals surface area contributed by atoms with Gasteiger partial charge in [-0.1, -0.05) is 36.4 Å². The number of amides is 2. The Hall–Kier alpha value is -2.18. The van der Waals surface area contributed by atoms with Crippen LogP contribution >= 0.6 is 11.3 Å². The third kappa shape index (κ3) is 4.43. The van der Waals surface area contributed by atoms with Crippen LogP contribution in [0.4, 0.5) is 0 Å². The highest BCUT2D eigenvalue weighted by Gasteiger charge is 2.30. The molecule has 2 N–H and O–H groups in total. The highest BCUT2D eigenvalue weighted by molar-refractivity contribution is 7.10. The molecule has 1 aliphatic rings. The van der Waals surface area contributed by atoms with E-state index < -0.39 is 17.9 Å². The largest absolute Gasteiger partial charge is 0.386 e. The molecule has 1 aromatic heterocycles. The van der Waals surface area contributed by atoms with Gasteiger partial charge in [0.2, 0.25) is 0 Å². The maximum atomic E-state index is 12.5. The summed E-state index contributed by atoms with van der Waals surface area (Å²) in [6.07, 6.45) is 1.05. The summed E-state index contributed by atoms with van der Waals surface area (Å²) >= 11 is 1.43. The minimum Gasteiger partial charge on any atom is -0.386 e. The van der Waals surface area contributed by atoms with E-state index in [9.17, 15) is 14.7 Å². The molecule has 0 spiro atoms. The lowest BCUT2D eigenvalue weighted by atomic mass is 10.2. The average Bonchev–Trinajstić information content (AvgIpc) is 3.23. The Labute approximate surface area is 144 Å². The van der Waals surface area contributed by atoms with Crippen LogP contribution in [0.2, 0.25) is 0 Å². The van der Waals surface area contributed by atoms with Crippen molar-refractivity contribution in [3.8, 4) is 0 Å². The van der Waals surface area contributed by atoms with Crippen LogP contribution in [0.3, 0.4) is 0 Å². The Morgan fingerprint density at radius 1 is 1.21 bits per heavy atom. The van der Waals surface area contributed by atoms with Crippen molar-refractivity contribution in [2.75, 3.05) is 6.54 Å². The van der Waals surface area contributed by atoms with E-state index in [-0.39, 0.29) is 12.6 Å². The lowest BCUT2D eigenvalue weighted by molar-refractivity contribution is -0.147. The first-order chi connectivity index (χ1) is 11.6. The van der Waals surface area contributed by atoms with Crippen LogP contribution in [-0.2, 0) is 16.1 Å². The summed E-state index contributed by atoms with van der Waals surface area (Å²) in [5, 5.41) is 15.0. The van der Waals surface area contributed by atoms with Crippen LogP contribution in [0.15, 0.2) is 47.8 Å². The number of nitrogens with zero attached hydrogens (tertiary/aromatic N) is 1. The van der Waals surface area contributed by atoms with Gasteiger partial charge in [0.1, 0.15) is 6.10 Å². The maximum absolute atomic E-state index is 12.5. The monoisotopic (exact) mass is 344 g/mol. The van der Waals surface area contributed by atoms with Crippen LogP contribution in [-0.4, -0.2) is 34.4 Å². The molecule has 0 aliphatic heterocycles. The zero-order valence-corrected chi connectivity index (χ0v) is 14.0. The van der Waals surface area contributed by atoms with Crippen molar-refractivity contribution in [3.05, 3.63) is 58.3 Å². The maximum Gasteiger partial charge on any atom is 0.312 e. The number of aliphatic hydroxyl groups is 1. The van der Waals surface area contributed by atoms with E-state index in [0.717, 1.165) is 23.3 Å². The van der Waals surface area contributed by atoms with Crippen LogP contribution in [0, 0.1) is 0 Å². The lowest BCUT2D eigenvalue weighted by Crippen LogP contribution is -2.44. The van der Waals surface area contributed by atoms with Crippen molar-refractivity contribution in [1.82, 2.24) is 10.2 Å². The quantitative estimate of drug-likeness (QED) is 0.789. The van der Waals surface area contributed by atoms with Gasteiger partial charge in [-0.25, -0.2) is 0 Å². The number of hydrogen-bond donors (Lipinski definition) is 2.